The van der Waals surface area contributed by atoms with Gasteiger partial charge in [0.1, 0.15) is 5.75 Å². The lowest BCUT2D eigenvalue weighted by Gasteiger charge is -2.07. The Labute approximate surface area is 191 Å². The Morgan fingerprint density at radius 2 is 1.41 bits per heavy atom. The van der Waals surface area contributed by atoms with Gasteiger partial charge in [0, 0.05) is 30.5 Å². The highest BCUT2D eigenvalue weighted by atomic mass is 16.3. The number of hydrogen-bond acceptors (Lipinski definition) is 3. The molecule has 3 rings (SSSR count). The number of anilines is 1. The number of aromatic nitrogens is 2. The third kappa shape index (κ3) is 6.52. The fraction of sp³-hybridized carbons (Fsp3) is 0.444. The molecule has 0 saturated carbocycles. The van der Waals surface area contributed by atoms with Crippen molar-refractivity contribution in [3.8, 4) is 11.4 Å². The van der Waals surface area contributed by atoms with E-state index in [4.69, 9.17) is 0 Å². The second-order valence-corrected chi connectivity index (χ2v) is 8.59. The first-order valence-corrected chi connectivity index (χ1v) is 11.9. The van der Waals surface area contributed by atoms with E-state index in [1.165, 1.54) is 44.9 Å². The maximum atomic E-state index is 12.9. The van der Waals surface area contributed by atoms with Crippen molar-refractivity contribution < 1.29 is 5.11 Å². The van der Waals surface area contributed by atoms with Crippen molar-refractivity contribution in [3.05, 3.63) is 76.2 Å². The van der Waals surface area contributed by atoms with Gasteiger partial charge in [0.25, 0.3) is 5.56 Å². The Balaban J connectivity index is 1.28. The van der Waals surface area contributed by atoms with Crippen LogP contribution in [0.4, 0.5) is 5.69 Å². The number of phenolic OH excluding ortho intramolecular Hbond substituents is 1. The first-order chi connectivity index (χ1) is 15.6. The predicted octanol–water partition coefficient (Wildman–Crippen LogP) is 5.97. The van der Waals surface area contributed by atoms with Crippen LogP contribution >= 0.6 is 0 Å². The average Bonchev–Trinajstić information content (AvgIpc) is 3.02. The van der Waals surface area contributed by atoms with Gasteiger partial charge in [-0.15, -0.1) is 0 Å². The highest BCUT2D eigenvalue weighted by Gasteiger charge is 2.15. The molecule has 0 radical (unpaired) electrons. The van der Waals surface area contributed by atoms with Gasteiger partial charge < -0.3 is 10.4 Å². The highest BCUT2D eigenvalue weighted by Crippen LogP contribution is 2.16. The minimum Gasteiger partial charge on any atom is -0.508 e. The average molecular weight is 436 g/mol. The van der Waals surface area contributed by atoms with Gasteiger partial charge in [-0.25, -0.2) is 4.68 Å². The lowest BCUT2D eigenvalue weighted by Crippen LogP contribution is -2.20. The fourth-order valence-electron chi connectivity index (χ4n) is 4.21. The number of unbranched alkanes of at least 4 members (excludes halogenated alkanes) is 7. The van der Waals surface area contributed by atoms with Gasteiger partial charge in [-0.3, -0.25) is 9.48 Å². The van der Waals surface area contributed by atoms with E-state index in [-0.39, 0.29) is 5.56 Å². The summed E-state index contributed by atoms with van der Waals surface area (Å²) in [5.74, 6) is 0.304. The summed E-state index contributed by atoms with van der Waals surface area (Å²) in [5, 5.41) is 12.7. The van der Waals surface area contributed by atoms with E-state index in [0.717, 1.165) is 42.0 Å². The topological polar surface area (TPSA) is 59.2 Å². The number of para-hydroxylation sites is 1. The maximum absolute atomic E-state index is 12.9. The van der Waals surface area contributed by atoms with Gasteiger partial charge in [-0.05, 0) is 62.6 Å². The smallest absolute Gasteiger partial charge is 0.274 e. The van der Waals surface area contributed by atoms with E-state index in [1.54, 1.807) is 16.8 Å². The van der Waals surface area contributed by atoms with Crippen LogP contribution in [0.15, 0.2) is 59.4 Å². The number of nitrogens with zero attached hydrogens (tertiary/aromatic N) is 2. The number of nitrogens with one attached hydrogen (secondary N) is 1. The predicted molar refractivity (Wildman–Crippen MR) is 133 cm³/mol. The van der Waals surface area contributed by atoms with Crippen molar-refractivity contribution in [2.75, 3.05) is 11.9 Å². The van der Waals surface area contributed by atoms with Crippen molar-refractivity contribution >= 4 is 5.69 Å². The van der Waals surface area contributed by atoms with Crippen LogP contribution in [-0.4, -0.2) is 21.0 Å². The minimum absolute atomic E-state index is 0.122. The largest absolute Gasteiger partial charge is 0.508 e. The summed E-state index contributed by atoms with van der Waals surface area (Å²) < 4.78 is 3.75. The Hall–Kier alpha value is -2.95. The summed E-state index contributed by atoms with van der Waals surface area (Å²) in [6.45, 7) is 3.02. The Morgan fingerprint density at radius 3 is 2.06 bits per heavy atom. The van der Waals surface area contributed by atoms with Gasteiger partial charge >= 0.3 is 0 Å². The molecule has 5 heteroatoms. The van der Waals surface area contributed by atoms with Crippen LogP contribution in [0.1, 0.15) is 62.6 Å². The molecule has 0 fully saturated rings. The van der Waals surface area contributed by atoms with Crippen molar-refractivity contribution in [3.63, 3.8) is 0 Å². The zero-order valence-corrected chi connectivity index (χ0v) is 19.5. The van der Waals surface area contributed by atoms with E-state index in [9.17, 15) is 9.90 Å². The summed E-state index contributed by atoms with van der Waals surface area (Å²) in [5.41, 5.74) is 4.13. The molecule has 0 unspecified atom stereocenters. The minimum atomic E-state index is 0.122. The molecule has 2 N–H and O–H groups in total. The van der Waals surface area contributed by atoms with E-state index < -0.39 is 0 Å². The molecule has 32 heavy (non-hydrogen) atoms. The number of hydrogen-bond donors (Lipinski definition) is 2. The lowest BCUT2D eigenvalue weighted by atomic mass is 10.0. The molecule has 5 nitrogen and oxygen atoms in total. The first-order valence-electron chi connectivity index (χ1n) is 11.9. The molecule has 172 valence electrons. The Kier molecular flexibility index (Phi) is 9.02. The molecular formula is C27H37N3O2. The van der Waals surface area contributed by atoms with Crippen LogP contribution < -0.4 is 10.9 Å². The van der Waals surface area contributed by atoms with Crippen LogP contribution in [0, 0.1) is 6.92 Å². The molecule has 0 amide bonds. The molecular weight excluding hydrogens is 398 g/mol. The van der Waals surface area contributed by atoms with Crippen LogP contribution in [0.5, 0.6) is 5.75 Å². The number of benzene rings is 2. The normalized spacial score (nSPS) is 11.1. The molecule has 0 bridgehead atoms. The second-order valence-electron chi connectivity index (χ2n) is 8.59. The van der Waals surface area contributed by atoms with Crippen LogP contribution in [-0.2, 0) is 13.5 Å². The Morgan fingerprint density at radius 1 is 0.812 bits per heavy atom. The Bertz CT molecular complexity index is 1000. The number of aromatic hydroxyl groups is 1. The standard InChI is InChI=1S/C27H37N3O2/c1-22-26(27(32)30(29(22)2)24-14-10-9-11-15-24)16-12-7-5-3-4-6-8-13-21-28-23-17-19-25(31)20-18-23/h9-11,14-15,17-20,28,31H,3-8,12-13,16,21H2,1-2H3. The molecule has 0 atom stereocenters. The molecule has 0 aliphatic carbocycles. The van der Waals surface area contributed by atoms with Crippen LogP contribution in [0.25, 0.3) is 5.69 Å². The third-order valence-electron chi connectivity index (χ3n) is 6.22. The second kappa shape index (κ2) is 12.2. The summed E-state index contributed by atoms with van der Waals surface area (Å²) in [6.07, 6.45) is 10.6. The van der Waals surface area contributed by atoms with Crippen molar-refractivity contribution in [1.82, 2.24) is 9.36 Å². The summed E-state index contributed by atoms with van der Waals surface area (Å²) in [7, 11) is 1.97. The number of phenols is 1. The summed E-state index contributed by atoms with van der Waals surface area (Å²) >= 11 is 0. The molecule has 2 aromatic carbocycles. The van der Waals surface area contributed by atoms with Crippen molar-refractivity contribution in [2.45, 2.75) is 64.7 Å². The molecule has 0 aliphatic heterocycles. The van der Waals surface area contributed by atoms with Crippen molar-refractivity contribution in [1.29, 1.82) is 0 Å². The molecule has 1 aromatic heterocycles. The summed E-state index contributed by atoms with van der Waals surface area (Å²) in [4.78, 5) is 12.9. The first kappa shape index (κ1) is 23.7. The third-order valence-corrected chi connectivity index (χ3v) is 6.22. The van der Waals surface area contributed by atoms with Crippen LogP contribution in [0.3, 0.4) is 0 Å². The SMILES string of the molecule is Cc1c(CCCCCCCCCCNc2ccc(O)cc2)c(=O)n(-c2ccccc2)n1C. The lowest BCUT2D eigenvalue weighted by molar-refractivity contribution is 0.475. The highest BCUT2D eigenvalue weighted by molar-refractivity contribution is 5.45. The van der Waals surface area contributed by atoms with Gasteiger partial charge in [0.2, 0.25) is 0 Å². The summed E-state index contributed by atoms with van der Waals surface area (Å²) in [6, 6.07) is 17.1. The van der Waals surface area contributed by atoms with Gasteiger partial charge in [0.05, 0.1) is 5.69 Å². The molecule has 0 spiro atoms. The molecule has 0 saturated heterocycles. The van der Waals surface area contributed by atoms with Gasteiger partial charge in [0.15, 0.2) is 0 Å². The zero-order valence-electron chi connectivity index (χ0n) is 19.5. The quantitative estimate of drug-likeness (QED) is 0.257. The van der Waals surface area contributed by atoms with Gasteiger partial charge in [-0.1, -0.05) is 56.7 Å². The maximum Gasteiger partial charge on any atom is 0.274 e. The number of rotatable bonds is 13. The van der Waals surface area contributed by atoms with Crippen LogP contribution in [0.2, 0.25) is 0 Å². The molecule has 0 aliphatic rings. The zero-order chi connectivity index (χ0) is 22.8. The fourth-order valence-corrected chi connectivity index (χ4v) is 4.21. The van der Waals surface area contributed by atoms with E-state index in [1.807, 2.05) is 61.1 Å². The van der Waals surface area contributed by atoms with E-state index >= 15 is 0 Å². The van der Waals surface area contributed by atoms with Gasteiger partial charge in [-0.2, -0.15) is 0 Å². The molecule has 1 heterocycles. The van der Waals surface area contributed by atoms with E-state index in [0.29, 0.717) is 5.75 Å². The van der Waals surface area contributed by atoms with E-state index in [2.05, 4.69) is 5.32 Å². The van der Waals surface area contributed by atoms with Crippen molar-refractivity contribution in [2.24, 2.45) is 7.05 Å². The monoisotopic (exact) mass is 435 g/mol. The molecule has 3 aromatic rings.